The molecule has 1 unspecified atom stereocenters. The molecule has 2 amide bonds. The van der Waals surface area contributed by atoms with Gasteiger partial charge in [-0.1, -0.05) is 13.8 Å². The molecule has 1 aliphatic heterocycles. The topological polar surface area (TPSA) is 72.6 Å². The highest BCUT2D eigenvalue weighted by Gasteiger charge is 2.32. The van der Waals surface area contributed by atoms with Gasteiger partial charge in [-0.15, -0.1) is 0 Å². The minimum atomic E-state index is -0.276. The van der Waals surface area contributed by atoms with E-state index in [-0.39, 0.29) is 31.1 Å². The molecule has 15 heavy (non-hydrogen) atoms. The highest BCUT2D eigenvalue weighted by atomic mass is 16.5. The van der Waals surface area contributed by atoms with Gasteiger partial charge in [-0.25, -0.2) is 0 Å². The normalized spacial score (nSPS) is 19.9. The summed E-state index contributed by atoms with van der Waals surface area (Å²) >= 11 is 0. The highest BCUT2D eigenvalue weighted by molar-refractivity contribution is 5.98. The monoisotopic (exact) mass is 214 g/mol. The number of carbonyl (C=O) groups excluding carboxylic acids is 2. The Bertz CT molecular complexity index is 237. The summed E-state index contributed by atoms with van der Waals surface area (Å²) in [7, 11) is 0. The first-order chi connectivity index (χ1) is 7.06. The Morgan fingerprint density at radius 3 is 2.27 bits per heavy atom. The van der Waals surface area contributed by atoms with Crippen LogP contribution in [0.5, 0.6) is 0 Å². The predicted molar refractivity (Wildman–Crippen MR) is 55.0 cm³/mol. The maximum Gasteiger partial charge on any atom is 0.255 e. The van der Waals surface area contributed by atoms with Crippen molar-refractivity contribution < 1.29 is 14.3 Å². The van der Waals surface area contributed by atoms with E-state index >= 15 is 0 Å². The summed E-state index contributed by atoms with van der Waals surface area (Å²) in [5.41, 5.74) is 5.59. The van der Waals surface area contributed by atoms with E-state index in [0.29, 0.717) is 12.5 Å². The molecule has 5 nitrogen and oxygen atoms in total. The molecule has 0 bridgehead atoms. The molecular weight excluding hydrogens is 196 g/mol. The molecule has 0 aliphatic carbocycles. The molecule has 1 heterocycles. The Kier molecular flexibility index (Phi) is 4.23. The number of carbonyl (C=O) groups is 2. The number of nitrogens with zero attached hydrogens (tertiary/aromatic N) is 1. The van der Waals surface area contributed by atoms with Crippen LogP contribution in [0, 0.1) is 5.92 Å². The fourth-order valence-corrected chi connectivity index (χ4v) is 1.76. The van der Waals surface area contributed by atoms with E-state index in [2.05, 4.69) is 0 Å². The van der Waals surface area contributed by atoms with E-state index in [0.717, 1.165) is 6.42 Å². The van der Waals surface area contributed by atoms with Crippen LogP contribution in [0.25, 0.3) is 0 Å². The van der Waals surface area contributed by atoms with Gasteiger partial charge in [0, 0.05) is 6.54 Å². The standard InChI is InChI=1S/C10H18N2O3/c1-7(2)3-8(4-11)12-9(13)5-15-6-10(12)14/h7-8H,3-6,11H2,1-2H3. The summed E-state index contributed by atoms with van der Waals surface area (Å²) in [6.45, 7) is 4.37. The van der Waals surface area contributed by atoms with Crippen molar-refractivity contribution in [3.8, 4) is 0 Å². The Balaban J connectivity index is 2.71. The van der Waals surface area contributed by atoms with E-state index in [1.54, 1.807) is 0 Å². The fraction of sp³-hybridized carbons (Fsp3) is 0.800. The zero-order valence-corrected chi connectivity index (χ0v) is 9.23. The van der Waals surface area contributed by atoms with Gasteiger partial charge in [-0.05, 0) is 12.3 Å². The summed E-state index contributed by atoms with van der Waals surface area (Å²) in [4.78, 5) is 24.3. The molecule has 2 N–H and O–H groups in total. The first kappa shape index (κ1) is 12.1. The van der Waals surface area contributed by atoms with Crippen LogP contribution in [0.4, 0.5) is 0 Å². The third-order valence-electron chi connectivity index (χ3n) is 2.37. The molecule has 0 spiro atoms. The lowest BCUT2D eigenvalue weighted by Gasteiger charge is -2.32. The van der Waals surface area contributed by atoms with E-state index in [9.17, 15) is 9.59 Å². The van der Waals surface area contributed by atoms with Crippen LogP contribution in [0.3, 0.4) is 0 Å². The Morgan fingerprint density at radius 1 is 1.33 bits per heavy atom. The van der Waals surface area contributed by atoms with Gasteiger partial charge in [0.2, 0.25) is 0 Å². The number of rotatable bonds is 4. The minimum absolute atomic E-state index is 0.0136. The minimum Gasteiger partial charge on any atom is -0.362 e. The first-order valence-electron chi connectivity index (χ1n) is 5.19. The van der Waals surface area contributed by atoms with Crippen molar-refractivity contribution in [2.24, 2.45) is 11.7 Å². The van der Waals surface area contributed by atoms with Gasteiger partial charge in [0.1, 0.15) is 13.2 Å². The van der Waals surface area contributed by atoms with Crippen LogP contribution in [0.2, 0.25) is 0 Å². The quantitative estimate of drug-likeness (QED) is 0.655. The molecule has 0 aromatic heterocycles. The number of nitrogens with two attached hydrogens (primary N) is 1. The van der Waals surface area contributed by atoms with Crippen molar-refractivity contribution in [2.75, 3.05) is 19.8 Å². The number of hydrogen-bond donors (Lipinski definition) is 1. The van der Waals surface area contributed by atoms with Crippen LogP contribution in [-0.2, 0) is 14.3 Å². The van der Waals surface area contributed by atoms with Gasteiger partial charge in [0.25, 0.3) is 11.8 Å². The lowest BCUT2D eigenvalue weighted by atomic mass is 10.0. The summed E-state index contributed by atoms with van der Waals surface area (Å²) in [6, 6.07) is -0.186. The first-order valence-corrected chi connectivity index (χ1v) is 5.19. The van der Waals surface area contributed by atoms with Gasteiger partial charge in [0.05, 0.1) is 6.04 Å². The molecule has 1 atom stereocenters. The number of amides is 2. The van der Waals surface area contributed by atoms with Gasteiger partial charge in [0.15, 0.2) is 0 Å². The summed E-state index contributed by atoms with van der Waals surface area (Å²) in [5, 5.41) is 0. The van der Waals surface area contributed by atoms with Crippen LogP contribution in [-0.4, -0.2) is 42.5 Å². The van der Waals surface area contributed by atoms with E-state index in [1.165, 1.54) is 4.90 Å². The van der Waals surface area contributed by atoms with E-state index in [4.69, 9.17) is 10.5 Å². The van der Waals surface area contributed by atoms with Crippen molar-refractivity contribution in [1.82, 2.24) is 4.90 Å². The molecule has 1 rings (SSSR count). The molecule has 86 valence electrons. The maximum atomic E-state index is 11.5. The highest BCUT2D eigenvalue weighted by Crippen LogP contribution is 2.14. The lowest BCUT2D eigenvalue weighted by molar-refractivity contribution is -0.161. The van der Waals surface area contributed by atoms with E-state index < -0.39 is 0 Å². The molecule has 5 heteroatoms. The Morgan fingerprint density at radius 2 is 1.87 bits per heavy atom. The Labute approximate surface area is 89.6 Å². The number of imide groups is 1. The van der Waals surface area contributed by atoms with Crippen molar-refractivity contribution in [3.05, 3.63) is 0 Å². The Hall–Kier alpha value is -0.940. The maximum absolute atomic E-state index is 11.5. The third-order valence-corrected chi connectivity index (χ3v) is 2.37. The molecular formula is C10H18N2O3. The average Bonchev–Trinajstić information content (AvgIpc) is 2.15. The van der Waals surface area contributed by atoms with Gasteiger partial charge in [-0.2, -0.15) is 0 Å². The number of ether oxygens (including phenoxy) is 1. The third kappa shape index (κ3) is 3.00. The second-order valence-electron chi connectivity index (χ2n) is 4.17. The fourth-order valence-electron chi connectivity index (χ4n) is 1.76. The van der Waals surface area contributed by atoms with Crippen LogP contribution >= 0.6 is 0 Å². The van der Waals surface area contributed by atoms with Crippen molar-refractivity contribution >= 4 is 11.8 Å². The summed E-state index contributed by atoms with van der Waals surface area (Å²) in [6.07, 6.45) is 0.744. The largest absolute Gasteiger partial charge is 0.362 e. The predicted octanol–water partition coefficient (Wildman–Crippen LogP) is -0.255. The zero-order chi connectivity index (χ0) is 11.4. The summed E-state index contributed by atoms with van der Waals surface area (Å²) < 4.78 is 4.84. The molecule has 0 aromatic rings. The average molecular weight is 214 g/mol. The zero-order valence-electron chi connectivity index (χ0n) is 9.23. The molecule has 1 fully saturated rings. The molecule has 0 radical (unpaired) electrons. The van der Waals surface area contributed by atoms with Crippen LogP contribution in [0.1, 0.15) is 20.3 Å². The number of morpholine rings is 1. The van der Waals surface area contributed by atoms with Gasteiger partial charge >= 0.3 is 0 Å². The summed E-state index contributed by atoms with van der Waals surface area (Å²) in [5.74, 6) is -0.147. The van der Waals surface area contributed by atoms with Crippen molar-refractivity contribution in [1.29, 1.82) is 0 Å². The van der Waals surface area contributed by atoms with Gasteiger partial charge in [-0.3, -0.25) is 14.5 Å². The van der Waals surface area contributed by atoms with Crippen molar-refractivity contribution in [2.45, 2.75) is 26.3 Å². The van der Waals surface area contributed by atoms with Crippen LogP contribution in [0.15, 0.2) is 0 Å². The second kappa shape index (κ2) is 5.23. The number of hydrogen-bond acceptors (Lipinski definition) is 4. The van der Waals surface area contributed by atoms with E-state index in [1.807, 2.05) is 13.8 Å². The molecule has 1 saturated heterocycles. The SMILES string of the molecule is CC(C)CC(CN)N1C(=O)COCC1=O. The second-order valence-corrected chi connectivity index (χ2v) is 4.17. The molecule has 1 aliphatic rings. The smallest absolute Gasteiger partial charge is 0.255 e. The van der Waals surface area contributed by atoms with Crippen LogP contribution < -0.4 is 5.73 Å². The molecule has 0 aromatic carbocycles. The lowest BCUT2D eigenvalue weighted by Crippen LogP contribution is -2.54. The van der Waals surface area contributed by atoms with Crippen molar-refractivity contribution in [3.63, 3.8) is 0 Å². The van der Waals surface area contributed by atoms with Gasteiger partial charge < -0.3 is 10.5 Å². The molecule has 0 saturated carbocycles.